The van der Waals surface area contributed by atoms with E-state index in [4.69, 9.17) is 5.73 Å². The second-order valence-electron chi connectivity index (χ2n) is 7.09. The van der Waals surface area contributed by atoms with Crippen molar-refractivity contribution in [1.29, 1.82) is 0 Å². The predicted octanol–water partition coefficient (Wildman–Crippen LogP) is -0.190. The Bertz CT molecular complexity index is 546. The first-order valence-electron chi connectivity index (χ1n) is 9.24. The van der Waals surface area contributed by atoms with Crippen molar-refractivity contribution < 1.29 is 13.2 Å². The molecular weight excluding hydrogens is 378 g/mol. The highest BCUT2D eigenvalue weighted by atomic mass is 35.5. The molecule has 0 radical (unpaired) electrons. The second-order valence-corrected chi connectivity index (χ2v) is 9.02. The molecule has 0 unspecified atom stereocenters. The maximum absolute atomic E-state index is 12.9. The molecular formula is C16H34ClN5O3S. The number of nitrogens with zero attached hydrogens (tertiary/aromatic N) is 4. The summed E-state index contributed by atoms with van der Waals surface area (Å²) in [4.78, 5) is 16.8. The van der Waals surface area contributed by atoms with E-state index >= 15 is 0 Å². The highest BCUT2D eigenvalue weighted by Gasteiger charge is 2.40. The molecule has 0 saturated carbocycles. The Morgan fingerprint density at radius 3 is 1.73 bits per heavy atom. The summed E-state index contributed by atoms with van der Waals surface area (Å²) in [6, 6.07) is 0. The topological polar surface area (TPSA) is 90.2 Å². The normalized spacial score (nSPS) is 21.5. The lowest BCUT2D eigenvalue weighted by atomic mass is 9.81. The largest absolute Gasteiger partial charge is 0.340 e. The quantitative estimate of drug-likeness (QED) is 0.654. The van der Waals surface area contributed by atoms with Crippen LogP contribution in [-0.4, -0.2) is 98.7 Å². The van der Waals surface area contributed by atoms with Gasteiger partial charge in [-0.15, -0.1) is 12.4 Å². The second kappa shape index (κ2) is 9.66. The SMILES string of the molecule is CCC(CC)(CN)C(=O)N1CCN(S(=O)(=O)N2CCN(C)CC2)CC1.Cl. The van der Waals surface area contributed by atoms with E-state index in [0.29, 0.717) is 58.7 Å². The van der Waals surface area contributed by atoms with Crippen LogP contribution in [0.5, 0.6) is 0 Å². The van der Waals surface area contributed by atoms with Crippen molar-refractivity contribution >= 4 is 28.5 Å². The number of hydrogen-bond acceptors (Lipinski definition) is 5. The van der Waals surface area contributed by atoms with E-state index in [9.17, 15) is 13.2 Å². The number of carbonyl (C=O) groups is 1. The van der Waals surface area contributed by atoms with Crippen molar-refractivity contribution in [2.24, 2.45) is 11.1 Å². The fourth-order valence-corrected chi connectivity index (χ4v) is 5.14. The molecule has 0 atom stereocenters. The molecule has 10 heteroatoms. The van der Waals surface area contributed by atoms with E-state index < -0.39 is 15.6 Å². The van der Waals surface area contributed by atoms with E-state index in [2.05, 4.69) is 4.90 Å². The van der Waals surface area contributed by atoms with Crippen LogP contribution < -0.4 is 5.73 Å². The summed E-state index contributed by atoms with van der Waals surface area (Å²) in [6.07, 6.45) is 1.41. The first kappa shape index (κ1) is 23.6. The van der Waals surface area contributed by atoms with Gasteiger partial charge < -0.3 is 15.5 Å². The minimum Gasteiger partial charge on any atom is -0.340 e. The molecule has 0 aromatic carbocycles. The van der Waals surface area contributed by atoms with Gasteiger partial charge >= 0.3 is 0 Å². The first-order chi connectivity index (χ1) is 11.8. The summed E-state index contributed by atoms with van der Waals surface area (Å²) in [5.41, 5.74) is 5.36. The number of likely N-dealkylation sites (N-methyl/N-ethyl adjacent to an activating group) is 1. The summed E-state index contributed by atoms with van der Waals surface area (Å²) in [7, 11) is -1.43. The van der Waals surface area contributed by atoms with Crippen LogP contribution in [0.4, 0.5) is 0 Å². The maximum Gasteiger partial charge on any atom is 0.282 e. The standard InChI is InChI=1S/C16H33N5O3S.ClH/c1-4-16(5-2,14-17)15(22)19-8-12-21(13-9-19)25(23,24)20-10-6-18(3)7-11-20;/h4-14,17H2,1-3H3;1H. The summed E-state index contributed by atoms with van der Waals surface area (Å²) in [5.74, 6) is 0.0663. The molecule has 2 aliphatic heterocycles. The molecule has 0 aromatic heterocycles. The number of carbonyl (C=O) groups excluding carboxylic acids is 1. The Morgan fingerprint density at radius 2 is 1.35 bits per heavy atom. The molecule has 2 N–H and O–H groups in total. The molecule has 0 bridgehead atoms. The van der Waals surface area contributed by atoms with Gasteiger partial charge in [-0.3, -0.25) is 4.79 Å². The molecule has 0 aliphatic carbocycles. The predicted molar refractivity (Wildman–Crippen MR) is 105 cm³/mol. The van der Waals surface area contributed by atoms with Crippen LogP contribution in [0, 0.1) is 5.41 Å². The lowest BCUT2D eigenvalue weighted by Gasteiger charge is -2.41. The zero-order valence-corrected chi connectivity index (χ0v) is 17.8. The summed E-state index contributed by atoms with van der Waals surface area (Å²) in [6.45, 7) is 8.46. The molecule has 26 heavy (non-hydrogen) atoms. The number of rotatable bonds is 6. The van der Waals surface area contributed by atoms with Gasteiger partial charge in [0.25, 0.3) is 10.2 Å². The van der Waals surface area contributed by atoms with Gasteiger partial charge in [0.1, 0.15) is 0 Å². The zero-order valence-electron chi connectivity index (χ0n) is 16.2. The third kappa shape index (κ3) is 4.69. The molecule has 8 nitrogen and oxygen atoms in total. The average molecular weight is 412 g/mol. The Labute approximate surface area is 164 Å². The number of amides is 1. The smallest absolute Gasteiger partial charge is 0.282 e. The minimum absolute atomic E-state index is 0. The van der Waals surface area contributed by atoms with E-state index in [-0.39, 0.29) is 18.3 Å². The van der Waals surface area contributed by atoms with Gasteiger partial charge in [-0.1, -0.05) is 13.8 Å². The number of hydrogen-bond donors (Lipinski definition) is 1. The van der Waals surface area contributed by atoms with Gasteiger partial charge in [-0.25, -0.2) is 0 Å². The van der Waals surface area contributed by atoms with Gasteiger partial charge in [0, 0.05) is 58.9 Å². The highest BCUT2D eigenvalue weighted by Crippen LogP contribution is 2.28. The number of halogens is 1. The number of nitrogens with two attached hydrogens (primary N) is 1. The highest BCUT2D eigenvalue weighted by molar-refractivity contribution is 7.86. The van der Waals surface area contributed by atoms with E-state index in [0.717, 1.165) is 13.1 Å². The molecule has 2 fully saturated rings. The monoisotopic (exact) mass is 411 g/mol. The Hall–Kier alpha value is -0.450. The van der Waals surface area contributed by atoms with Crippen LogP contribution in [-0.2, 0) is 15.0 Å². The average Bonchev–Trinajstić information content (AvgIpc) is 2.64. The van der Waals surface area contributed by atoms with Crippen LogP contribution in [0.2, 0.25) is 0 Å². The van der Waals surface area contributed by atoms with Gasteiger partial charge in [0.05, 0.1) is 5.41 Å². The van der Waals surface area contributed by atoms with Gasteiger partial charge in [0.15, 0.2) is 0 Å². The van der Waals surface area contributed by atoms with Crippen LogP contribution >= 0.6 is 12.4 Å². The van der Waals surface area contributed by atoms with E-state index in [1.165, 1.54) is 4.31 Å². The third-order valence-electron chi connectivity index (χ3n) is 5.84. The molecule has 2 aliphatic rings. The van der Waals surface area contributed by atoms with Crippen molar-refractivity contribution in [3.05, 3.63) is 0 Å². The van der Waals surface area contributed by atoms with Crippen LogP contribution in [0.1, 0.15) is 26.7 Å². The van der Waals surface area contributed by atoms with Gasteiger partial charge in [-0.2, -0.15) is 17.0 Å². The number of piperazine rings is 2. The van der Waals surface area contributed by atoms with E-state index in [1.807, 2.05) is 20.9 Å². The van der Waals surface area contributed by atoms with Crippen molar-refractivity contribution in [3.63, 3.8) is 0 Å². The van der Waals surface area contributed by atoms with Crippen molar-refractivity contribution in [1.82, 2.24) is 18.4 Å². The molecule has 0 aromatic rings. The minimum atomic E-state index is -3.43. The first-order valence-corrected chi connectivity index (χ1v) is 10.6. The lowest BCUT2D eigenvalue weighted by molar-refractivity contribution is -0.143. The Balaban J connectivity index is 0.00000338. The van der Waals surface area contributed by atoms with Crippen LogP contribution in [0.3, 0.4) is 0 Å². The molecule has 0 spiro atoms. The maximum atomic E-state index is 12.9. The molecule has 2 rings (SSSR count). The molecule has 1 amide bonds. The molecule has 2 saturated heterocycles. The lowest BCUT2D eigenvalue weighted by Crippen LogP contribution is -2.59. The Morgan fingerprint density at radius 1 is 0.923 bits per heavy atom. The fraction of sp³-hybridized carbons (Fsp3) is 0.938. The molecule has 154 valence electrons. The van der Waals surface area contributed by atoms with Crippen LogP contribution in [0.15, 0.2) is 0 Å². The van der Waals surface area contributed by atoms with Crippen molar-refractivity contribution in [2.45, 2.75) is 26.7 Å². The summed E-state index contributed by atoms with van der Waals surface area (Å²) < 4.78 is 28.7. The van der Waals surface area contributed by atoms with Gasteiger partial charge in [-0.05, 0) is 19.9 Å². The van der Waals surface area contributed by atoms with Crippen molar-refractivity contribution in [3.8, 4) is 0 Å². The van der Waals surface area contributed by atoms with Gasteiger partial charge in [0.2, 0.25) is 5.91 Å². The Kier molecular flexibility index (Phi) is 8.76. The molecule has 2 heterocycles. The summed E-state index contributed by atoms with van der Waals surface area (Å²) in [5, 5.41) is 0. The van der Waals surface area contributed by atoms with E-state index in [1.54, 1.807) is 9.21 Å². The van der Waals surface area contributed by atoms with Crippen LogP contribution in [0.25, 0.3) is 0 Å². The third-order valence-corrected chi connectivity index (χ3v) is 7.87. The fourth-order valence-electron chi connectivity index (χ4n) is 3.57. The zero-order chi connectivity index (χ0) is 18.7. The summed E-state index contributed by atoms with van der Waals surface area (Å²) >= 11 is 0. The van der Waals surface area contributed by atoms with Crippen molar-refractivity contribution in [2.75, 3.05) is 66.0 Å².